The van der Waals surface area contributed by atoms with Crippen molar-refractivity contribution >= 4 is 22.3 Å². The Morgan fingerprint density at radius 2 is 1.69 bits per heavy atom. The number of para-hydroxylation sites is 2. The third-order valence-corrected chi connectivity index (χ3v) is 6.66. The lowest BCUT2D eigenvalue weighted by molar-refractivity contribution is 0.461. The van der Waals surface area contributed by atoms with Crippen LogP contribution >= 0.6 is 11.0 Å². The van der Waals surface area contributed by atoms with Crippen LogP contribution in [0.3, 0.4) is 0 Å². The molecule has 3 N–H and O–H groups in total. The Bertz CT molecular complexity index is 772. The van der Waals surface area contributed by atoms with Gasteiger partial charge < -0.3 is 5.32 Å². The highest BCUT2D eigenvalue weighted by Gasteiger charge is 2.45. The van der Waals surface area contributed by atoms with Crippen LogP contribution in [0.1, 0.15) is 31.9 Å². The number of halogens is 1. The second kappa shape index (κ2) is 7.44. The lowest BCUT2D eigenvalue weighted by Gasteiger charge is -2.48. The molecule has 0 spiro atoms. The van der Waals surface area contributed by atoms with Crippen molar-refractivity contribution in [2.24, 2.45) is 0 Å². The van der Waals surface area contributed by atoms with Gasteiger partial charge in [-0.1, -0.05) is 24.3 Å². The minimum atomic E-state index is -3.26. The lowest BCUT2D eigenvalue weighted by Crippen LogP contribution is -2.40. The van der Waals surface area contributed by atoms with E-state index in [2.05, 4.69) is 5.32 Å². The highest BCUT2D eigenvalue weighted by molar-refractivity contribution is 8.27. The van der Waals surface area contributed by atoms with E-state index < -0.39 is 11.0 Å². The van der Waals surface area contributed by atoms with E-state index in [0.717, 1.165) is 16.9 Å². The van der Waals surface area contributed by atoms with Gasteiger partial charge in [-0.25, -0.2) is 13.0 Å². The Morgan fingerprint density at radius 1 is 1.04 bits per heavy atom. The number of hydrogen-bond acceptors (Lipinski definition) is 5. The standard InChI is InChI=1S/C19H26FN3O2S/c1-14(2)22-18-9-4-5-10-19(18)23(26(22,24)25)17(11-12-21-3)15-7-6-8-16(20)13-15/h4-10,13-14,17,21,24-25H,11-12H2,1-3H3/t17-/m1/s1. The zero-order valence-corrected chi connectivity index (χ0v) is 16.1. The van der Waals surface area contributed by atoms with Gasteiger partial charge in [0.1, 0.15) is 5.82 Å². The van der Waals surface area contributed by atoms with Crippen molar-refractivity contribution in [1.29, 1.82) is 0 Å². The highest BCUT2D eigenvalue weighted by Crippen LogP contribution is 2.65. The Hall–Kier alpha value is -1.80. The molecule has 2 aromatic rings. The van der Waals surface area contributed by atoms with E-state index in [1.165, 1.54) is 12.1 Å². The van der Waals surface area contributed by atoms with Crippen LogP contribution in [-0.4, -0.2) is 28.7 Å². The third-order valence-electron chi connectivity index (χ3n) is 4.54. The summed E-state index contributed by atoms with van der Waals surface area (Å²) in [4.78, 5) is 0. The fourth-order valence-electron chi connectivity index (χ4n) is 3.51. The molecule has 0 bridgehead atoms. The molecule has 0 saturated heterocycles. The van der Waals surface area contributed by atoms with Gasteiger partial charge in [0.15, 0.2) is 0 Å². The van der Waals surface area contributed by atoms with E-state index in [9.17, 15) is 13.5 Å². The molecular weight excluding hydrogens is 353 g/mol. The monoisotopic (exact) mass is 379 g/mol. The summed E-state index contributed by atoms with van der Waals surface area (Å²) in [5.74, 6) is -0.332. The van der Waals surface area contributed by atoms with Gasteiger partial charge in [-0.05, 0) is 74.7 Å². The fraction of sp³-hybridized carbons (Fsp3) is 0.368. The van der Waals surface area contributed by atoms with E-state index in [0.29, 0.717) is 13.0 Å². The quantitative estimate of drug-likeness (QED) is 0.674. The van der Waals surface area contributed by atoms with Crippen LogP contribution in [0.25, 0.3) is 0 Å². The molecular formula is C19H26FN3O2S. The summed E-state index contributed by atoms with van der Waals surface area (Å²) >= 11 is 0. The van der Waals surface area contributed by atoms with Crippen LogP contribution in [0, 0.1) is 5.82 Å². The van der Waals surface area contributed by atoms with Gasteiger partial charge in [-0.2, -0.15) is 0 Å². The molecule has 0 fully saturated rings. The SMILES string of the molecule is CNCC[C@H](c1cccc(F)c1)N1c2ccccc2N(C(C)C)S1(O)O. The largest absolute Gasteiger partial charge is 0.320 e. The molecule has 1 heterocycles. The van der Waals surface area contributed by atoms with Gasteiger partial charge in [0.05, 0.1) is 17.4 Å². The van der Waals surface area contributed by atoms with Crippen molar-refractivity contribution in [3.63, 3.8) is 0 Å². The Balaban J connectivity index is 2.13. The molecule has 0 unspecified atom stereocenters. The summed E-state index contributed by atoms with van der Waals surface area (Å²) in [5, 5.41) is 3.10. The fourth-order valence-corrected chi connectivity index (χ4v) is 5.67. The molecule has 3 rings (SSSR count). The molecule has 5 nitrogen and oxygen atoms in total. The van der Waals surface area contributed by atoms with Crippen LogP contribution in [0.15, 0.2) is 48.5 Å². The maximum atomic E-state index is 13.9. The maximum absolute atomic E-state index is 13.9. The Morgan fingerprint density at radius 3 is 2.27 bits per heavy atom. The van der Waals surface area contributed by atoms with Crippen molar-refractivity contribution in [1.82, 2.24) is 5.32 Å². The van der Waals surface area contributed by atoms with Crippen molar-refractivity contribution < 1.29 is 13.5 Å². The van der Waals surface area contributed by atoms with Crippen molar-refractivity contribution in [3.8, 4) is 0 Å². The van der Waals surface area contributed by atoms with E-state index in [1.807, 2.05) is 51.2 Å². The van der Waals surface area contributed by atoms with Crippen molar-refractivity contribution in [3.05, 3.63) is 59.9 Å². The average molecular weight is 380 g/mol. The van der Waals surface area contributed by atoms with Crippen molar-refractivity contribution in [2.45, 2.75) is 32.4 Å². The predicted octanol–water partition coefficient (Wildman–Crippen LogP) is 4.79. The molecule has 2 aromatic carbocycles. The number of nitrogens with one attached hydrogen (secondary N) is 1. The molecule has 0 aromatic heterocycles. The van der Waals surface area contributed by atoms with Gasteiger partial charge in [0.25, 0.3) is 0 Å². The first-order chi connectivity index (χ1) is 12.4. The van der Waals surface area contributed by atoms with Gasteiger partial charge in [0, 0.05) is 6.04 Å². The Labute approximate surface area is 156 Å². The van der Waals surface area contributed by atoms with Gasteiger partial charge >= 0.3 is 0 Å². The summed E-state index contributed by atoms with van der Waals surface area (Å²) in [6.07, 6.45) is 0.607. The maximum Gasteiger partial charge on any atom is 0.123 e. The predicted molar refractivity (Wildman–Crippen MR) is 107 cm³/mol. The van der Waals surface area contributed by atoms with Gasteiger partial charge in [-0.15, -0.1) is 0 Å². The van der Waals surface area contributed by atoms with Crippen molar-refractivity contribution in [2.75, 3.05) is 22.2 Å². The first-order valence-corrected chi connectivity index (χ1v) is 10.2. The minimum absolute atomic E-state index is 0.0939. The molecule has 7 heteroatoms. The zero-order chi connectivity index (χ0) is 18.9. The first-order valence-electron chi connectivity index (χ1n) is 8.74. The minimum Gasteiger partial charge on any atom is -0.320 e. The number of anilines is 2. The zero-order valence-electron chi connectivity index (χ0n) is 15.3. The normalized spacial score (nSPS) is 18.1. The molecule has 1 aliphatic rings. The molecule has 0 saturated carbocycles. The second-order valence-corrected chi connectivity index (χ2v) is 8.45. The van der Waals surface area contributed by atoms with E-state index in [4.69, 9.17) is 0 Å². The molecule has 0 amide bonds. The summed E-state index contributed by atoms with van der Waals surface area (Å²) in [6.45, 7) is 4.52. The number of rotatable bonds is 6. The number of benzene rings is 2. The molecule has 1 atom stereocenters. The van der Waals surface area contributed by atoms with E-state index >= 15 is 0 Å². The van der Waals surface area contributed by atoms with Gasteiger partial charge in [-0.3, -0.25) is 9.11 Å². The first kappa shape index (κ1) is 19.0. The molecule has 0 radical (unpaired) electrons. The van der Waals surface area contributed by atoms with Crippen LogP contribution < -0.4 is 13.9 Å². The second-order valence-electron chi connectivity index (χ2n) is 6.69. The lowest BCUT2D eigenvalue weighted by atomic mass is 10.0. The van der Waals surface area contributed by atoms with E-state index in [1.54, 1.807) is 14.7 Å². The number of fused-ring (bicyclic) bond motifs is 1. The summed E-state index contributed by atoms with van der Waals surface area (Å²) in [5.41, 5.74) is 2.26. The Kier molecular flexibility index (Phi) is 5.43. The summed E-state index contributed by atoms with van der Waals surface area (Å²) in [6, 6.07) is 13.4. The van der Waals surface area contributed by atoms with E-state index in [-0.39, 0.29) is 17.9 Å². The molecule has 1 aliphatic heterocycles. The topological polar surface area (TPSA) is 59.0 Å². The smallest absolute Gasteiger partial charge is 0.123 e. The van der Waals surface area contributed by atoms with Gasteiger partial charge in [0.2, 0.25) is 0 Å². The number of nitrogens with zero attached hydrogens (tertiary/aromatic N) is 2. The molecule has 142 valence electrons. The summed E-state index contributed by atoms with van der Waals surface area (Å²) < 4.78 is 39.6. The van der Waals surface area contributed by atoms with Crippen LogP contribution in [0.5, 0.6) is 0 Å². The van der Waals surface area contributed by atoms with Crippen LogP contribution in [0.4, 0.5) is 15.8 Å². The molecule has 26 heavy (non-hydrogen) atoms. The number of hydrogen-bond donors (Lipinski definition) is 3. The van der Waals surface area contributed by atoms with Crippen LogP contribution in [0.2, 0.25) is 0 Å². The van der Waals surface area contributed by atoms with Crippen LogP contribution in [-0.2, 0) is 0 Å². The summed E-state index contributed by atoms with van der Waals surface area (Å²) in [7, 11) is -1.41. The highest BCUT2D eigenvalue weighted by atomic mass is 32.3. The third kappa shape index (κ3) is 3.27. The average Bonchev–Trinajstić information content (AvgIpc) is 2.82. The molecule has 0 aliphatic carbocycles.